The predicted octanol–water partition coefficient (Wildman–Crippen LogP) is 2.32. The van der Waals surface area contributed by atoms with Gasteiger partial charge in [0.25, 0.3) is 0 Å². The molecule has 0 saturated heterocycles. The highest BCUT2D eigenvalue weighted by molar-refractivity contribution is 6.04. The molecule has 0 spiro atoms. The molecule has 0 radical (unpaired) electrons. The van der Waals surface area contributed by atoms with Crippen molar-refractivity contribution in [2.45, 2.75) is 19.8 Å². The van der Waals surface area contributed by atoms with E-state index in [9.17, 15) is 4.79 Å². The van der Waals surface area contributed by atoms with E-state index in [1.807, 2.05) is 18.2 Å². The van der Waals surface area contributed by atoms with Gasteiger partial charge in [-0.25, -0.2) is 0 Å². The van der Waals surface area contributed by atoms with Crippen molar-refractivity contribution in [2.24, 2.45) is 10.7 Å². The van der Waals surface area contributed by atoms with Crippen molar-refractivity contribution >= 4 is 23.0 Å². The quantitative estimate of drug-likeness (QED) is 0.939. The molecule has 2 heterocycles. The first-order valence-corrected chi connectivity index (χ1v) is 7.72. The van der Waals surface area contributed by atoms with Crippen LogP contribution in [-0.4, -0.2) is 34.9 Å². The highest BCUT2D eigenvalue weighted by Crippen LogP contribution is 2.33. The number of aromatic nitrogens is 2. The van der Waals surface area contributed by atoms with E-state index in [1.165, 1.54) is 0 Å². The smallest absolute Gasteiger partial charge is 0.248 e. The second kappa shape index (κ2) is 6.56. The summed E-state index contributed by atoms with van der Waals surface area (Å²) in [6.07, 6.45) is 5.23. The third-order valence-corrected chi connectivity index (χ3v) is 3.89. The summed E-state index contributed by atoms with van der Waals surface area (Å²) in [7, 11) is 0. The minimum Gasteiger partial charge on any atom is -0.369 e. The van der Waals surface area contributed by atoms with Gasteiger partial charge in [0.2, 0.25) is 5.91 Å². The van der Waals surface area contributed by atoms with Crippen molar-refractivity contribution in [3.63, 3.8) is 0 Å². The summed E-state index contributed by atoms with van der Waals surface area (Å²) in [6.45, 7) is 3.88. The number of hydrogen-bond acceptors (Lipinski definition) is 5. The van der Waals surface area contributed by atoms with E-state index in [0.29, 0.717) is 5.56 Å². The molecule has 1 aliphatic rings. The van der Waals surface area contributed by atoms with Crippen LogP contribution in [0, 0.1) is 0 Å². The minimum atomic E-state index is -0.420. The Labute approximate surface area is 135 Å². The maximum atomic E-state index is 11.5. The molecule has 0 bridgehead atoms. The van der Waals surface area contributed by atoms with Gasteiger partial charge >= 0.3 is 0 Å². The standard InChI is InChI=1S/C17H19N5O/c1-2-8-22-9-6-14(13-5-7-19-20-11-13)21-15-4-3-12(17(18)23)10-16(15)22/h3-5,7,10-11H,2,6,8-9H2,1H3,(H2,18,23). The van der Waals surface area contributed by atoms with Gasteiger partial charge < -0.3 is 10.6 Å². The molecule has 1 aromatic heterocycles. The van der Waals surface area contributed by atoms with E-state index in [0.717, 1.165) is 48.6 Å². The molecule has 0 unspecified atom stereocenters. The molecule has 1 aromatic carbocycles. The molecule has 2 N–H and O–H groups in total. The number of primary amides is 1. The zero-order valence-electron chi connectivity index (χ0n) is 13.1. The summed E-state index contributed by atoms with van der Waals surface area (Å²) in [4.78, 5) is 18.5. The van der Waals surface area contributed by atoms with Crippen molar-refractivity contribution in [1.29, 1.82) is 0 Å². The fourth-order valence-corrected chi connectivity index (χ4v) is 2.76. The van der Waals surface area contributed by atoms with Gasteiger partial charge in [-0.3, -0.25) is 9.79 Å². The summed E-state index contributed by atoms with van der Waals surface area (Å²) in [5, 5.41) is 7.75. The molecule has 0 saturated carbocycles. The Hall–Kier alpha value is -2.76. The van der Waals surface area contributed by atoms with E-state index in [4.69, 9.17) is 10.7 Å². The molecule has 6 nitrogen and oxygen atoms in total. The van der Waals surface area contributed by atoms with Crippen LogP contribution in [0.4, 0.5) is 11.4 Å². The second-order valence-corrected chi connectivity index (χ2v) is 5.49. The van der Waals surface area contributed by atoms with Gasteiger partial charge in [-0.05, 0) is 30.7 Å². The predicted molar refractivity (Wildman–Crippen MR) is 90.3 cm³/mol. The van der Waals surface area contributed by atoms with Gasteiger partial charge in [0.05, 0.1) is 29.5 Å². The lowest BCUT2D eigenvalue weighted by Gasteiger charge is -2.24. The number of aliphatic imine (C=N–C) groups is 1. The van der Waals surface area contributed by atoms with E-state index in [2.05, 4.69) is 22.0 Å². The molecule has 6 heteroatoms. The topological polar surface area (TPSA) is 84.5 Å². The Balaban J connectivity index is 2.06. The molecule has 0 fully saturated rings. The maximum Gasteiger partial charge on any atom is 0.248 e. The SMILES string of the molecule is CCCN1CCC(c2ccnnc2)=Nc2ccc(C(N)=O)cc21. The highest BCUT2D eigenvalue weighted by atomic mass is 16.1. The van der Waals surface area contributed by atoms with Gasteiger partial charge in [-0.1, -0.05) is 6.92 Å². The summed E-state index contributed by atoms with van der Waals surface area (Å²) in [6, 6.07) is 7.34. The zero-order chi connectivity index (χ0) is 16.2. The first kappa shape index (κ1) is 15.1. The van der Waals surface area contributed by atoms with Crippen LogP contribution in [0.1, 0.15) is 35.7 Å². The van der Waals surface area contributed by atoms with Crippen LogP contribution in [0.2, 0.25) is 0 Å². The molecule has 1 aliphatic heterocycles. The largest absolute Gasteiger partial charge is 0.369 e. The average molecular weight is 309 g/mol. The number of benzene rings is 1. The third-order valence-electron chi connectivity index (χ3n) is 3.89. The first-order valence-electron chi connectivity index (χ1n) is 7.72. The first-order chi connectivity index (χ1) is 11.2. The molecule has 3 rings (SSSR count). The molecular formula is C17H19N5O. The molecular weight excluding hydrogens is 290 g/mol. The van der Waals surface area contributed by atoms with Crippen molar-refractivity contribution < 1.29 is 4.79 Å². The van der Waals surface area contributed by atoms with Gasteiger partial charge in [-0.2, -0.15) is 10.2 Å². The summed E-state index contributed by atoms with van der Waals surface area (Å²) in [5.41, 5.74) is 9.69. The zero-order valence-corrected chi connectivity index (χ0v) is 13.1. The number of nitrogens with two attached hydrogens (primary N) is 1. The van der Waals surface area contributed by atoms with Gasteiger partial charge in [0, 0.05) is 30.6 Å². The number of rotatable bonds is 4. The van der Waals surface area contributed by atoms with Crippen LogP contribution in [0.5, 0.6) is 0 Å². The molecule has 1 amide bonds. The Morgan fingerprint density at radius 2 is 2.17 bits per heavy atom. The number of nitrogens with zero attached hydrogens (tertiary/aromatic N) is 4. The lowest BCUT2D eigenvalue weighted by Crippen LogP contribution is -2.26. The van der Waals surface area contributed by atoms with Crippen LogP contribution in [0.3, 0.4) is 0 Å². The Morgan fingerprint density at radius 3 is 2.87 bits per heavy atom. The lowest BCUT2D eigenvalue weighted by atomic mass is 10.1. The Kier molecular flexibility index (Phi) is 4.32. The minimum absolute atomic E-state index is 0.420. The average Bonchev–Trinajstić information content (AvgIpc) is 2.75. The molecule has 0 aliphatic carbocycles. The molecule has 2 aromatic rings. The van der Waals surface area contributed by atoms with E-state index in [-0.39, 0.29) is 0 Å². The van der Waals surface area contributed by atoms with Crippen LogP contribution in [0.15, 0.2) is 41.7 Å². The van der Waals surface area contributed by atoms with Gasteiger partial charge in [-0.15, -0.1) is 0 Å². The molecule has 118 valence electrons. The van der Waals surface area contributed by atoms with E-state index in [1.54, 1.807) is 18.5 Å². The van der Waals surface area contributed by atoms with Crippen LogP contribution >= 0.6 is 0 Å². The summed E-state index contributed by atoms with van der Waals surface area (Å²) < 4.78 is 0. The van der Waals surface area contributed by atoms with Crippen LogP contribution < -0.4 is 10.6 Å². The van der Waals surface area contributed by atoms with Crippen LogP contribution in [-0.2, 0) is 0 Å². The number of carbonyl (C=O) groups is 1. The normalized spacial score (nSPS) is 14.0. The number of hydrogen-bond donors (Lipinski definition) is 1. The maximum absolute atomic E-state index is 11.5. The summed E-state index contributed by atoms with van der Waals surface area (Å²) in [5.74, 6) is -0.420. The Morgan fingerprint density at radius 1 is 1.30 bits per heavy atom. The van der Waals surface area contributed by atoms with Gasteiger partial charge in [0.1, 0.15) is 0 Å². The fourth-order valence-electron chi connectivity index (χ4n) is 2.76. The summed E-state index contributed by atoms with van der Waals surface area (Å²) >= 11 is 0. The van der Waals surface area contributed by atoms with Crippen molar-refractivity contribution in [1.82, 2.24) is 10.2 Å². The van der Waals surface area contributed by atoms with E-state index >= 15 is 0 Å². The Bertz CT molecular complexity index is 742. The van der Waals surface area contributed by atoms with Crippen molar-refractivity contribution in [2.75, 3.05) is 18.0 Å². The number of carbonyl (C=O) groups excluding carboxylic acids is 1. The number of anilines is 1. The van der Waals surface area contributed by atoms with Crippen molar-refractivity contribution in [3.05, 3.63) is 47.8 Å². The molecule has 0 atom stereocenters. The van der Waals surface area contributed by atoms with Gasteiger partial charge in [0.15, 0.2) is 0 Å². The molecule has 23 heavy (non-hydrogen) atoms. The second-order valence-electron chi connectivity index (χ2n) is 5.49. The lowest BCUT2D eigenvalue weighted by molar-refractivity contribution is 0.100. The van der Waals surface area contributed by atoms with E-state index < -0.39 is 5.91 Å². The fraction of sp³-hybridized carbons (Fsp3) is 0.294. The number of amides is 1. The highest BCUT2D eigenvalue weighted by Gasteiger charge is 2.19. The third kappa shape index (κ3) is 3.21. The van der Waals surface area contributed by atoms with Crippen LogP contribution in [0.25, 0.3) is 0 Å². The number of fused-ring (bicyclic) bond motifs is 1. The van der Waals surface area contributed by atoms with Crippen molar-refractivity contribution in [3.8, 4) is 0 Å². The monoisotopic (exact) mass is 309 g/mol.